The summed E-state index contributed by atoms with van der Waals surface area (Å²) < 4.78 is 44.2. The van der Waals surface area contributed by atoms with Gasteiger partial charge in [0.25, 0.3) is 0 Å². The molecule has 1 atom stereocenters. The summed E-state index contributed by atoms with van der Waals surface area (Å²) in [5.41, 5.74) is -0.118. The molecule has 2 aromatic heterocycles. The van der Waals surface area contributed by atoms with Crippen LogP contribution >= 0.6 is 11.6 Å². The quantitative estimate of drug-likeness (QED) is 0.227. The number of halogens is 3. The molecule has 0 saturated heterocycles. The second-order valence-corrected chi connectivity index (χ2v) is 8.79. The molecule has 0 spiro atoms. The monoisotopic (exact) mass is 489 g/mol. The average molecular weight is 490 g/mol. The summed E-state index contributed by atoms with van der Waals surface area (Å²) >= 11 is 4.46. The molecule has 0 amide bonds. The number of anilines is 3. The summed E-state index contributed by atoms with van der Waals surface area (Å²) in [5, 5.41) is 3.80. The zero-order chi connectivity index (χ0) is 23.5. The van der Waals surface area contributed by atoms with E-state index < -0.39 is 34.3 Å². The number of nitrogens with one attached hydrogen (secondary N) is 3. The highest BCUT2D eigenvalue weighted by atomic mass is 35.5. The van der Waals surface area contributed by atoms with Gasteiger partial charge in [0.2, 0.25) is 5.78 Å². The summed E-state index contributed by atoms with van der Waals surface area (Å²) in [6.45, 7) is 1.82. The van der Waals surface area contributed by atoms with Crippen LogP contribution in [-0.2, 0) is 11.4 Å². The second kappa shape index (κ2) is 9.74. The predicted molar refractivity (Wildman–Crippen MR) is 125 cm³/mol. The molecule has 0 aliphatic heterocycles. The molecule has 2 aromatic carbocycles. The number of hydrogen-bond acceptors (Lipinski definition) is 6. The fourth-order valence-corrected chi connectivity index (χ4v) is 4.34. The minimum atomic E-state index is -1.57. The Hall–Kier alpha value is -3.21. The highest BCUT2D eigenvalue weighted by Crippen LogP contribution is 2.31. The summed E-state index contributed by atoms with van der Waals surface area (Å²) in [7, 11) is 0. The Bertz CT molecular complexity index is 1330. The molecule has 0 fully saturated rings. The van der Waals surface area contributed by atoms with Gasteiger partial charge in [0.1, 0.15) is 35.0 Å². The molecule has 0 bridgehead atoms. The van der Waals surface area contributed by atoms with E-state index in [2.05, 4.69) is 25.0 Å². The Balaban J connectivity index is 1.76. The van der Waals surface area contributed by atoms with Gasteiger partial charge in [-0.3, -0.25) is 4.79 Å². The molecule has 2 heterocycles. The van der Waals surface area contributed by atoms with E-state index in [4.69, 9.17) is 11.6 Å². The lowest BCUT2D eigenvalue weighted by molar-refractivity contribution is 0.103. The van der Waals surface area contributed by atoms with Gasteiger partial charge in [-0.15, -0.1) is 0 Å². The number of carbonyl (C=O) groups excluding carboxylic acids is 1. The van der Waals surface area contributed by atoms with Gasteiger partial charge in [0.05, 0.1) is 27.9 Å². The maximum Gasteiger partial charge on any atom is 0.201 e. The third kappa shape index (κ3) is 4.77. The van der Waals surface area contributed by atoms with Crippen molar-refractivity contribution in [2.75, 3.05) is 15.8 Å². The summed E-state index contributed by atoms with van der Waals surface area (Å²) in [6.07, 6.45) is 3.21. The Kier molecular flexibility index (Phi) is 6.77. The summed E-state index contributed by atoms with van der Waals surface area (Å²) in [5.74, 6) is -2.55. The fraction of sp³-hybridized carbons (Fsp3) is 0.136. The van der Waals surface area contributed by atoms with Gasteiger partial charge in [-0.1, -0.05) is 24.6 Å². The Morgan fingerprint density at radius 3 is 2.82 bits per heavy atom. The fourth-order valence-electron chi connectivity index (χ4n) is 3.27. The van der Waals surface area contributed by atoms with Crippen molar-refractivity contribution in [3.8, 4) is 0 Å². The number of ketones is 1. The van der Waals surface area contributed by atoms with Crippen LogP contribution in [0.15, 0.2) is 48.9 Å². The number of carbonyl (C=O) groups is 1. The third-order valence-corrected chi connectivity index (χ3v) is 6.20. The molecular weight excluding hydrogens is 472 g/mol. The van der Waals surface area contributed by atoms with Crippen molar-refractivity contribution >= 4 is 57.0 Å². The van der Waals surface area contributed by atoms with Crippen molar-refractivity contribution in [3.63, 3.8) is 0 Å². The van der Waals surface area contributed by atoms with Gasteiger partial charge in [-0.25, -0.2) is 23.5 Å². The van der Waals surface area contributed by atoms with Crippen LogP contribution in [0.5, 0.6) is 0 Å². The predicted octanol–water partition coefficient (Wildman–Crippen LogP) is 5.35. The first kappa shape index (κ1) is 23.0. The van der Waals surface area contributed by atoms with Gasteiger partial charge in [-0.2, -0.15) is 0 Å². The Labute approximate surface area is 195 Å². The average Bonchev–Trinajstić information content (AvgIpc) is 3.21. The lowest BCUT2D eigenvalue weighted by atomic mass is 10.0. The summed E-state index contributed by atoms with van der Waals surface area (Å²) in [4.78, 5) is 24.4. The van der Waals surface area contributed by atoms with Crippen LogP contribution in [0.3, 0.4) is 0 Å². The molecule has 4 aromatic rings. The lowest BCUT2D eigenvalue weighted by Gasteiger charge is -2.14. The lowest BCUT2D eigenvalue weighted by Crippen LogP contribution is -2.18. The zero-order valence-electron chi connectivity index (χ0n) is 17.3. The first-order valence-electron chi connectivity index (χ1n) is 9.91. The number of aromatic nitrogens is 3. The first-order valence-corrected chi connectivity index (χ1v) is 11.6. The smallest absolute Gasteiger partial charge is 0.201 e. The number of aromatic amines is 1. The van der Waals surface area contributed by atoms with Gasteiger partial charge >= 0.3 is 0 Å². The van der Waals surface area contributed by atoms with E-state index in [1.807, 2.05) is 6.92 Å². The zero-order valence-corrected chi connectivity index (χ0v) is 18.9. The molecule has 0 aliphatic rings. The first-order chi connectivity index (χ1) is 15.9. The van der Waals surface area contributed by atoms with E-state index in [9.17, 15) is 13.7 Å². The minimum absolute atomic E-state index is 0.0280. The van der Waals surface area contributed by atoms with Crippen LogP contribution in [0.2, 0.25) is 5.02 Å². The largest absolute Gasteiger partial charge is 0.593 e. The van der Waals surface area contributed by atoms with Crippen molar-refractivity contribution in [2.24, 2.45) is 0 Å². The van der Waals surface area contributed by atoms with E-state index in [1.54, 1.807) is 24.3 Å². The van der Waals surface area contributed by atoms with Crippen LogP contribution < -0.4 is 10.0 Å². The van der Waals surface area contributed by atoms with Gasteiger partial charge in [0.15, 0.2) is 5.82 Å². The van der Waals surface area contributed by atoms with Gasteiger partial charge in [-0.05, 0) is 36.8 Å². The SMILES string of the molecule is CCC[S+]([O-])Nc1ccc(F)c(C(=O)c2c[nH]c3ncnc(Nc4cccc(Cl)c4)c23)c1F. The molecule has 0 aliphatic carbocycles. The van der Waals surface area contributed by atoms with E-state index in [0.29, 0.717) is 22.8 Å². The molecule has 33 heavy (non-hydrogen) atoms. The molecule has 170 valence electrons. The standard InChI is InChI=1S/C22H18ClF2N5O2S/c1-2-8-33(32)30-16-7-6-15(24)18(19(16)25)20(31)14-10-26-21-17(14)22(28-11-27-21)29-13-5-3-4-12(23)9-13/h3-7,9-11,30H,2,8H2,1H3,(H2,26,27,28,29). The highest BCUT2D eigenvalue weighted by Gasteiger charge is 2.27. The van der Waals surface area contributed by atoms with Crippen molar-refractivity contribution < 1.29 is 18.1 Å². The normalized spacial score (nSPS) is 12.0. The van der Waals surface area contributed by atoms with Crippen molar-refractivity contribution in [2.45, 2.75) is 13.3 Å². The van der Waals surface area contributed by atoms with Crippen LogP contribution in [0.4, 0.5) is 26.0 Å². The summed E-state index contributed by atoms with van der Waals surface area (Å²) in [6, 6.07) is 8.91. The second-order valence-electron chi connectivity index (χ2n) is 7.05. The molecule has 7 nitrogen and oxygen atoms in total. The van der Waals surface area contributed by atoms with E-state index in [1.165, 1.54) is 12.5 Å². The number of rotatable bonds is 8. The number of hydrogen-bond donors (Lipinski definition) is 3. The molecule has 3 N–H and O–H groups in total. The topological polar surface area (TPSA) is 106 Å². The Morgan fingerprint density at radius 2 is 2.06 bits per heavy atom. The van der Waals surface area contributed by atoms with Gasteiger partial charge in [0, 0.05) is 16.9 Å². The van der Waals surface area contributed by atoms with Crippen LogP contribution in [0.25, 0.3) is 11.0 Å². The number of H-pyrrole nitrogens is 1. The molecule has 0 radical (unpaired) electrons. The van der Waals surface area contributed by atoms with Crippen molar-refractivity contribution in [3.05, 3.63) is 76.7 Å². The Morgan fingerprint density at radius 1 is 1.24 bits per heavy atom. The number of benzene rings is 2. The van der Waals surface area contributed by atoms with Crippen molar-refractivity contribution in [1.82, 2.24) is 15.0 Å². The molecule has 11 heteroatoms. The molecule has 0 saturated carbocycles. The van der Waals surface area contributed by atoms with Gasteiger partial charge < -0.3 is 14.9 Å². The van der Waals surface area contributed by atoms with Crippen LogP contribution in [-0.4, -0.2) is 31.0 Å². The van der Waals surface area contributed by atoms with E-state index in [-0.39, 0.29) is 28.2 Å². The molecule has 4 rings (SSSR count). The maximum atomic E-state index is 15.1. The maximum absolute atomic E-state index is 15.1. The van der Waals surface area contributed by atoms with E-state index in [0.717, 1.165) is 12.1 Å². The molecule has 1 unspecified atom stereocenters. The third-order valence-electron chi connectivity index (χ3n) is 4.73. The highest BCUT2D eigenvalue weighted by molar-refractivity contribution is 7.92. The molecular formula is C22H18ClF2N5O2S. The van der Waals surface area contributed by atoms with Crippen LogP contribution in [0.1, 0.15) is 29.3 Å². The van der Waals surface area contributed by atoms with E-state index >= 15 is 4.39 Å². The number of fused-ring (bicyclic) bond motifs is 1. The minimum Gasteiger partial charge on any atom is -0.593 e. The van der Waals surface area contributed by atoms with Crippen molar-refractivity contribution in [1.29, 1.82) is 0 Å². The number of nitrogens with zero attached hydrogens (tertiary/aromatic N) is 2. The van der Waals surface area contributed by atoms with Crippen LogP contribution in [0, 0.1) is 11.6 Å².